The van der Waals surface area contributed by atoms with Crippen molar-refractivity contribution in [2.45, 2.75) is 25.0 Å². The number of aliphatic hydroxyl groups is 1. The SMILES string of the molecule is O=C(O)c1c(CN2CCC(O)(c3ccccn3)CC2)n(-c2ccccc2)c(=O)c2ccccc12. The van der Waals surface area contributed by atoms with Crippen molar-refractivity contribution in [1.82, 2.24) is 14.5 Å². The van der Waals surface area contributed by atoms with Gasteiger partial charge < -0.3 is 10.2 Å². The topological polar surface area (TPSA) is 95.7 Å². The van der Waals surface area contributed by atoms with Crippen LogP contribution in [0.4, 0.5) is 0 Å². The summed E-state index contributed by atoms with van der Waals surface area (Å²) >= 11 is 0. The fourth-order valence-corrected chi connectivity index (χ4v) is 4.82. The van der Waals surface area contributed by atoms with Crippen molar-refractivity contribution in [1.29, 1.82) is 0 Å². The van der Waals surface area contributed by atoms with E-state index in [1.165, 1.54) is 4.57 Å². The molecule has 4 aromatic rings. The normalized spacial score (nSPS) is 15.9. The molecule has 1 fully saturated rings. The van der Waals surface area contributed by atoms with Gasteiger partial charge in [-0.1, -0.05) is 42.5 Å². The van der Waals surface area contributed by atoms with Crippen molar-refractivity contribution in [2.24, 2.45) is 0 Å². The quantitative estimate of drug-likeness (QED) is 0.478. The number of para-hydroxylation sites is 1. The maximum atomic E-state index is 13.6. The van der Waals surface area contributed by atoms with Crippen LogP contribution >= 0.6 is 0 Å². The van der Waals surface area contributed by atoms with E-state index < -0.39 is 11.6 Å². The van der Waals surface area contributed by atoms with Gasteiger partial charge in [-0.05, 0) is 43.2 Å². The van der Waals surface area contributed by atoms with Gasteiger partial charge in [-0.15, -0.1) is 0 Å². The summed E-state index contributed by atoms with van der Waals surface area (Å²) < 4.78 is 1.52. The molecule has 3 heterocycles. The van der Waals surface area contributed by atoms with Gasteiger partial charge in [0.15, 0.2) is 0 Å². The minimum absolute atomic E-state index is 0.129. The second-order valence-corrected chi connectivity index (χ2v) is 8.67. The van der Waals surface area contributed by atoms with E-state index >= 15 is 0 Å². The number of aromatic carboxylic acids is 1. The molecule has 2 N–H and O–H groups in total. The third-order valence-corrected chi connectivity index (χ3v) is 6.61. The number of carbonyl (C=O) groups is 1. The molecule has 2 aromatic carbocycles. The first-order valence-electron chi connectivity index (χ1n) is 11.3. The second kappa shape index (κ2) is 8.85. The van der Waals surface area contributed by atoms with Crippen LogP contribution in [0.3, 0.4) is 0 Å². The molecule has 0 atom stereocenters. The average molecular weight is 456 g/mol. The van der Waals surface area contributed by atoms with Crippen LogP contribution in [0.1, 0.15) is 34.6 Å². The van der Waals surface area contributed by atoms with Gasteiger partial charge in [0.2, 0.25) is 0 Å². The van der Waals surface area contributed by atoms with Crippen LogP contribution in [0.25, 0.3) is 16.5 Å². The monoisotopic (exact) mass is 455 g/mol. The lowest BCUT2D eigenvalue weighted by Crippen LogP contribution is -2.43. The van der Waals surface area contributed by atoms with Gasteiger partial charge in [-0.3, -0.25) is 19.2 Å². The molecule has 0 bridgehead atoms. The van der Waals surface area contributed by atoms with E-state index in [-0.39, 0.29) is 17.7 Å². The molecule has 1 aliphatic heterocycles. The van der Waals surface area contributed by atoms with Gasteiger partial charge in [0.1, 0.15) is 5.60 Å². The van der Waals surface area contributed by atoms with Crippen LogP contribution in [0.2, 0.25) is 0 Å². The molecule has 5 rings (SSSR count). The minimum Gasteiger partial charge on any atom is -0.478 e. The first kappa shape index (κ1) is 22.0. The Hall–Kier alpha value is -3.81. The van der Waals surface area contributed by atoms with E-state index in [0.717, 1.165) is 0 Å². The highest BCUT2D eigenvalue weighted by Crippen LogP contribution is 2.33. The van der Waals surface area contributed by atoms with Crippen molar-refractivity contribution in [2.75, 3.05) is 13.1 Å². The molecule has 0 spiro atoms. The van der Waals surface area contributed by atoms with E-state index in [4.69, 9.17) is 0 Å². The number of piperidine rings is 1. The minimum atomic E-state index is -1.07. The summed E-state index contributed by atoms with van der Waals surface area (Å²) in [6, 6.07) is 21.5. The van der Waals surface area contributed by atoms with Gasteiger partial charge >= 0.3 is 5.97 Å². The number of hydrogen-bond donors (Lipinski definition) is 2. The van der Waals surface area contributed by atoms with Crippen LogP contribution in [0, 0.1) is 0 Å². The number of hydrogen-bond acceptors (Lipinski definition) is 5. The van der Waals surface area contributed by atoms with Gasteiger partial charge in [-0.2, -0.15) is 0 Å². The van der Waals surface area contributed by atoms with Crippen LogP contribution in [0.5, 0.6) is 0 Å². The molecule has 0 amide bonds. The smallest absolute Gasteiger partial charge is 0.338 e. The van der Waals surface area contributed by atoms with Crippen molar-refractivity contribution in [3.63, 3.8) is 0 Å². The number of aromatic nitrogens is 2. The van der Waals surface area contributed by atoms with Crippen molar-refractivity contribution < 1.29 is 15.0 Å². The second-order valence-electron chi connectivity index (χ2n) is 8.67. The maximum absolute atomic E-state index is 13.6. The molecule has 34 heavy (non-hydrogen) atoms. The van der Waals surface area contributed by atoms with Crippen LogP contribution in [0.15, 0.2) is 83.8 Å². The number of fused-ring (bicyclic) bond motifs is 1. The molecule has 2 aromatic heterocycles. The molecular formula is C27H25N3O4. The van der Waals surface area contributed by atoms with E-state index in [1.54, 1.807) is 42.6 Å². The molecular weight excluding hydrogens is 430 g/mol. The molecule has 1 saturated heterocycles. The fraction of sp³-hybridized carbons (Fsp3) is 0.222. The lowest BCUT2D eigenvalue weighted by atomic mass is 9.87. The van der Waals surface area contributed by atoms with E-state index in [1.807, 2.05) is 36.4 Å². The number of carboxylic acid groups (broad SMARTS) is 1. The van der Waals surface area contributed by atoms with E-state index in [0.29, 0.717) is 53.8 Å². The van der Waals surface area contributed by atoms with Gasteiger partial charge in [0, 0.05) is 42.3 Å². The van der Waals surface area contributed by atoms with E-state index in [2.05, 4.69) is 9.88 Å². The Kier molecular flexibility index (Phi) is 5.73. The number of rotatable bonds is 5. The van der Waals surface area contributed by atoms with Gasteiger partial charge in [0.05, 0.1) is 17.0 Å². The molecule has 0 radical (unpaired) electrons. The summed E-state index contributed by atoms with van der Waals surface area (Å²) in [4.78, 5) is 32.5. The Bertz CT molecular complexity index is 1390. The summed E-state index contributed by atoms with van der Waals surface area (Å²) in [6.07, 6.45) is 2.61. The largest absolute Gasteiger partial charge is 0.478 e. The number of nitrogens with zero attached hydrogens (tertiary/aromatic N) is 3. The van der Waals surface area contributed by atoms with Crippen molar-refractivity contribution in [3.05, 3.63) is 106 Å². The Morgan fingerprint density at radius 2 is 1.56 bits per heavy atom. The lowest BCUT2D eigenvalue weighted by molar-refractivity contribution is -0.0315. The summed E-state index contributed by atoms with van der Waals surface area (Å²) in [6.45, 7) is 1.36. The standard InChI is InChI=1S/C27H25N3O4/c31-25-21-11-5-4-10-20(21)24(26(32)33)22(30(25)19-8-2-1-3-9-19)18-29-16-13-27(34,14-17-29)23-12-6-7-15-28-23/h1-12,15,34H,13-14,16-18H2,(H,32,33). The van der Waals surface area contributed by atoms with E-state index in [9.17, 15) is 19.8 Å². The first-order valence-corrected chi connectivity index (χ1v) is 11.3. The lowest BCUT2D eigenvalue weighted by Gasteiger charge is -2.38. The Balaban J connectivity index is 1.58. The van der Waals surface area contributed by atoms with Gasteiger partial charge in [0.25, 0.3) is 5.56 Å². The Morgan fingerprint density at radius 1 is 0.912 bits per heavy atom. The number of carboxylic acids is 1. The molecule has 1 aliphatic rings. The summed E-state index contributed by atoms with van der Waals surface area (Å²) in [5.41, 5.74) is 0.570. The first-order chi connectivity index (χ1) is 16.5. The highest BCUT2D eigenvalue weighted by atomic mass is 16.4. The zero-order valence-electron chi connectivity index (χ0n) is 18.6. The summed E-state index contributed by atoms with van der Waals surface area (Å²) in [7, 11) is 0. The number of pyridine rings is 2. The molecule has 0 aliphatic carbocycles. The molecule has 0 saturated carbocycles. The summed E-state index contributed by atoms with van der Waals surface area (Å²) in [5, 5.41) is 22.2. The molecule has 7 heteroatoms. The van der Waals surface area contributed by atoms with Crippen molar-refractivity contribution in [3.8, 4) is 5.69 Å². The third-order valence-electron chi connectivity index (χ3n) is 6.61. The summed E-state index contributed by atoms with van der Waals surface area (Å²) in [5.74, 6) is -1.07. The Morgan fingerprint density at radius 3 is 2.21 bits per heavy atom. The highest BCUT2D eigenvalue weighted by Gasteiger charge is 2.36. The van der Waals surface area contributed by atoms with Crippen LogP contribution in [-0.4, -0.2) is 43.7 Å². The highest BCUT2D eigenvalue weighted by molar-refractivity contribution is 6.04. The predicted octanol–water partition coefficient (Wildman–Crippen LogP) is 3.57. The van der Waals surface area contributed by atoms with Crippen molar-refractivity contribution >= 4 is 16.7 Å². The Labute approximate surface area is 196 Å². The number of benzene rings is 2. The zero-order chi connectivity index (χ0) is 23.7. The third kappa shape index (κ3) is 3.89. The fourth-order valence-electron chi connectivity index (χ4n) is 4.82. The molecule has 7 nitrogen and oxygen atoms in total. The van der Waals surface area contributed by atoms with Crippen LogP contribution < -0.4 is 5.56 Å². The maximum Gasteiger partial charge on any atom is 0.338 e. The average Bonchev–Trinajstić information content (AvgIpc) is 2.87. The number of likely N-dealkylation sites (tertiary alicyclic amines) is 1. The predicted molar refractivity (Wildman–Crippen MR) is 129 cm³/mol. The van der Waals surface area contributed by atoms with Crippen LogP contribution in [-0.2, 0) is 12.1 Å². The molecule has 172 valence electrons. The zero-order valence-corrected chi connectivity index (χ0v) is 18.6. The van der Waals surface area contributed by atoms with Gasteiger partial charge in [-0.25, -0.2) is 4.79 Å². The molecule has 0 unspecified atom stereocenters.